The molecule has 3 heteroatoms. The third-order valence-electron chi connectivity index (χ3n) is 0.665. The Morgan fingerprint density at radius 1 is 1.33 bits per heavy atom. The lowest BCUT2D eigenvalue weighted by Crippen LogP contribution is -2.25. The molecule has 3 nitrogen and oxygen atoms in total. The molecule has 0 amide bonds. The highest BCUT2D eigenvalue weighted by molar-refractivity contribution is 4.58. The largest absolute Gasteiger partial charge is 0.371 e. The zero-order valence-corrected chi connectivity index (χ0v) is 6.09. The normalized spacial score (nSPS) is 12.7. The van der Waals surface area contributed by atoms with Gasteiger partial charge in [0.25, 0.3) is 0 Å². The summed E-state index contributed by atoms with van der Waals surface area (Å²) in [6, 6.07) is 0. The molecule has 0 aliphatic carbocycles. The minimum absolute atomic E-state index is 0.0243. The van der Waals surface area contributed by atoms with E-state index in [0.717, 1.165) is 0 Å². The Kier molecular flexibility index (Phi) is 3.11. The van der Waals surface area contributed by atoms with Gasteiger partial charge in [0.2, 0.25) is 0 Å². The Hall–Kier alpha value is -0.120. The number of rotatable bonds is 2. The standard InChI is InChI=1S/C6H14O3/c1-6(2,3)9-4-5(7)8/h5,7-8H,4H2,1-3H3. The fraction of sp³-hybridized carbons (Fsp3) is 1.00. The van der Waals surface area contributed by atoms with Gasteiger partial charge in [-0.15, -0.1) is 0 Å². The van der Waals surface area contributed by atoms with Crippen LogP contribution in [0.25, 0.3) is 0 Å². The van der Waals surface area contributed by atoms with Crippen molar-refractivity contribution in [2.24, 2.45) is 0 Å². The monoisotopic (exact) mass is 134 g/mol. The molecule has 0 rings (SSSR count). The van der Waals surface area contributed by atoms with Gasteiger partial charge in [-0.2, -0.15) is 0 Å². The Labute approximate surface area is 55.3 Å². The lowest BCUT2D eigenvalue weighted by molar-refractivity contribution is -0.129. The molecule has 0 unspecified atom stereocenters. The smallest absolute Gasteiger partial charge is 0.175 e. The summed E-state index contributed by atoms with van der Waals surface area (Å²) in [6.07, 6.45) is -1.36. The second-order valence-electron chi connectivity index (χ2n) is 2.90. The molecule has 0 aromatic rings. The highest BCUT2D eigenvalue weighted by atomic mass is 16.6. The van der Waals surface area contributed by atoms with Crippen LogP contribution in [0.15, 0.2) is 0 Å². The van der Waals surface area contributed by atoms with Gasteiger partial charge in [0.15, 0.2) is 6.29 Å². The zero-order valence-electron chi connectivity index (χ0n) is 6.09. The molecule has 0 saturated carbocycles. The fourth-order valence-electron chi connectivity index (χ4n) is 0.325. The lowest BCUT2D eigenvalue weighted by atomic mass is 10.2. The second-order valence-corrected chi connectivity index (χ2v) is 2.90. The third kappa shape index (κ3) is 7.88. The van der Waals surface area contributed by atoms with Crippen LogP contribution in [0, 0.1) is 0 Å². The van der Waals surface area contributed by atoms with Crippen LogP contribution in [0.3, 0.4) is 0 Å². The molecule has 0 spiro atoms. The molecule has 0 heterocycles. The van der Waals surface area contributed by atoms with E-state index in [-0.39, 0.29) is 12.2 Å². The number of aliphatic hydroxyl groups is 2. The Balaban J connectivity index is 3.28. The van der Waals surface area contributed by atoms with Crippen molar-refractivity contribution in [1.29, 1.82) is 0 Å². The molecule has 0 fully saturated rings. The Morgan fingerprint density at radius 2 is 1.78 bits per heavy atom. The number of hydrogen-bond acceptors (Lipinski definition) is 3. The van der Waals surface area contributed by atoms with E-state index in [4.69, 9.17) is 14.9 Å². The van der Waals surface area contributed by atoms with Crippen LogP contribution in [-0.2, 0) is 4.74 Å². The van der Waals surface area contributed by atoms with Crippen molar-refractivity contribution in [2.45, 2.75) is 32.7 Å². The second kappa shape index (κ2) is 3.15. The van der Waals surface area contributed by atoms with E-state index in [1.165, 1.54) is 0 Å². The van der Waals surface area contributed by atoms with Crippen molar-refractivity contribution in [3.05, 3.63) is 0 Å². The zero-order chi connectivity index (χ0) is 7.49. The molecular formula is C6H14O3. The van der Waals surface area contributed by atoms with E-state index in [0.29, 0.717) is 0 Å². The van der Waals surface area contributed by atoms with Gasteiger partial charge in [0.1, 0.15) is 0 Å². The summed E-state index contributed by atoms with van der Waals surface area (Å²) >= 11 is 0. The maximum atomic E-state index is 8.35. The predicted octanol–water partition coefficient (Wildman–Crippen LogP) is 0.112. The maximum Gasteiger partial charge on any atom is 0.175 e. The Bertz CT molecular complexity index is 72.9. The van der Waals surface area contributed by atoms with Gasteiger partial charge in [-0.3, -0.25) is 0 Å². The number of hydrogen-bond donors (Lipinski definition) is 2. The van der Waals surface area contributed by atoms with E-state index in [1.54, 1.807) is 0 Å². The van der Waals surface area contributed by atoms with Crippen molar-refractivity contribution in [2.75, 3.05) is 6.61 Å². The van der Waals surface area contributed by atoms with E-state index in [9.17, 15) is 0 Å². The maximum absolute atomic E-state index is 8.35. The molecule has 2 N–H and O–H groups in total. The first kappa shape index (κ1) is 8.88. The van der Waals surface area contributed by atoms with E-state index in [2.05, 4.69) is 0 Å². The van der Waals surface area contributed by atoms with Crippen LogP contribution >= 0.6 is 0 Å². The Morgan fingerprint density at radius 3 is 1.89 bits per heavy atom. The number of aliphatic hydroxyl groups excluding tert-OH is 1. The average Bonchev–Trinajstić information content (AvgIpc) is 1.59. The van der Waals surface area contributed by atoms with Crippen LogP contribution < -0.4 is 0 Å². The van der Waals surface area contributed by atoms with Crippen molar-refractivity contribution >= 4 is 0 Å². The molecule has 0 atom stereocenters. The summed E-state index contributed by atoms with van der Waals surface area (Å²) in [4.78, 5) is 0. The minimum atomic E-state index is -1.36. The molecule has 56 valence electrons. The van der Waals surface area contributed by atoms with Crippen molar-refractivity contribution in [1.82, 2.24) is 0 Å². The molecule has 0 radical (unpaired) electrons. The topological polar surface area (TPSA) is 49.7 Å². The average molecular weight is 134 g/mol. The van der Waals surface area contributed by atoms with E-state index in [1.807, 2.05) is 20.8 Å². The summed E-state index contributed by atoms with van der Waals surface area (Å²) in [5.41, 5.74) is -0.288. The van der Waals surface area contributed by atoms with Gasteiger partial charge >= 0.3 is 0 Å². The SMILES string of the molecule is CC(C)(C)OCC(O)O. The lowest BCUT2D eigenvalue weighted by Gasteiger charge is -2.19. The van der Waals surface area contributed by atoms with Gasteiger partial charge in [0.05, 0.1) is 12.2 Å². The summed E-state index contributed by atoms with van der Waals surface area (Å²) in [6.45, 7) is 5.55. The van der Waals surface area contributed by atoms with Crippen LogP contribution in [0.1, 0.15) is 20.8 Å². The molecule has 0 aliphatic heterocycles. The van der Waals surface area contributed by atoms with Gasteiger partial charge in [-0.1, -0.05) is 0 Å². The predicted molar refractivity (Wildman–Crippen MR) is 33.9 cm³/mol. The van der Waals surface area contributed by atoms with Crippen LogP contribution in [0.2, 0.25) is 0 Å². The molecule has 0 bridgehead atoms. The molecule has 0 aromatic carbocycles. The molecule has 0 aromatic heterocycles. The van der Waals surface area contributed by atoms with Crippen LogP contribution in [0.5, 0.6) is 0 Å². The van der Waals surface area contributed by atoms with Crippen LogP contribution in [-0.4, -0.2) is 28.7 Å². The molecule has 9 heavy (non-hydrogen) atoms. The number of ether oxygens (including phenoxy) is 1. The third-order valence-corrected chi connectivity index (χ3v) is 0.665. The summed E-state index contributed by atoms with van der Waals surface area (Å²) < 4.78 is 4.99. The first-order valence-corrected chi connectivity index (χ1v) is 2.92. The summed E-state index contributed by atoms with van der Waals surface area (Å²) in [7, 11) is 0. The first-order chi connectivity index (χ1) is 3.92. The fourth-order valence-corrected chi connectivity index (χ4v) is 0.325. The van der Waals surface area contributed by atoms with Gasteiger partial charge in [-0.05, 0) is 20.8 Å². The molecule has 0 aliphatic rings. The van der Waals surface area contributed by atoms with Gasteiger partial charge in [-0.25, -0.2) is 0 Å². The molecule has 0 saturated heterocycles. The minimum Gasteiger partial charge on any atom is -0.371 e. The summed E-state index contributed by atoms with van der Waals surface area (Å²) in [5, 5.41) is 16.7. The van der Waals surface area contributed by atoms with Gasteiger partial charge in [0, 0.05) is 0 Å². The highest BCUT2D eigenvalue weighted by Crippen LogP contribution is 2.05. The highest BCUT2D eigenvalue weighted by Gasteiger charge is 2.11. The van der Waals surface area contributed by atoms with Crippen molar-refractivity contribution < 1.29 is 14.9 Å². The molecular weight excluding hydrogens is 120 g/mol. The summed E-state index contributed by atoms with van der Waals surface area (Å²) in [5.74, 6) is 0. The van der Waals surface area contributed by atoms with Crippen molar-refractivity contribution in [3.63, 3.8) is 0 Å². The van der Waals surface area contributed by atoms with Crippen molar-refractivity contribution in [3.8, 4) is 0 Å². The van der Waals surface area contributed by atoms with E-state index >= 15 is 0 Å². The first-order valence-electron chi connectivity index (χ1n) is 2.92. The van der Waals surface area contributed by atoms with E-state index < -0.39 is 6.29 Å². The van der Waals surface area contributed by atoms with Crippen LogP contribution in [0.4, 0.5) is 0 Å². The van der Waals surface area contributed by atoms with Gasteiger partial charge < -0.3 is 14.9 Å². The quantitative estimate of drug-likeness (QED) is 0.527.